The summed E-state index contributed by atoms with van der Waals surface area (Å²) in [6.45, 7) is 0. The van der Waals surface area contributed by atoms with Crippen molar-refractivity contribution in [1.82, 2.24) is 0 Å². The minimum absolute atomic E-state index is 0.00541. The number of nitrogens with two attached hydrogens (primary N) is 1. The van der Waals surface area contributed by atoms with Gasteiger partial charge in [0, 0.05) is 20.6 Å². The largest absolute Gasteiger partial charge is 0.399 e. The Labute approximate surface area is 139 Å². The highest BCUT2D eigenvalue weighted by Crippen LogP contribution is 2.46. The number of hydrogen-bond donors (Lipinski definition) is 2. The number of halogens is 6. The molecule has 2 aromatic carbocycles. The third-order valence-corrected chi connectivity index (χ3v) is 3.94. The van der Waals surface area contributed by atoms with Crippen molar-refractivity contribution < 1.29 is 13.2 Å². The maximum absolute atomic E-state index is 13.5. The summed E-state index contributed by atoms with van der Waals surface area (Å²) in [4.78, 5) is 0. The molecule has 2 rings (SSSR count). The van der Waals surface area contributed by atoms with Gasteiger partial charge in [0.05, 0.1) is 5.69 Å². The van der Waals surface area contributed by atoms with E-state index in [1.165, 1.54) is 36.4 Å². The van der Waals surface area contributed by atoms with E-state index in [2.05, 4.69) is 5.43 Å². The predicted octanol–water partition coefficient (Wildman–Crippen LogP) is 5.63. The van der Waals surface area contributed by atoms with Crippen LogP contribution in [0, 0.1) is 0 Å². The second kappa shape index (κ2) is 6.54. The van der Waals surface area contributed by atoms with Crippen LogP contribution in [0.3, 0.4) is 0 Å². The molecule has 0 spiro atoms. The Morgan fingerprint density at radius 3 is 1.86 bits per heavy atom. The summed E-state index contributed by atoms with van der Waals surface area (Å²) < 4.78 is 40.6. The number of alkyl halides is 3. The van der Waals surface area contributed by atoms with E-state index in [9.17, 15) is 13.2 Å². The first-order valence-electron chi connectivity index (χ1n) is 6.01. The average molecular weight is 370 g/mol. The molecule has 0 aliphatic carbocycles. The first-order chi connectivity index (χ1) is 10.2. The van der Waals surface area contributed by atoms with Gasteiger partial charge in [-0.3, -0.25) is 5.84 Å². The van der Waals surface area contributed by atoms with Gasteiger partial charge >= 0.3 is 6.18 Å². The summed E-state index contributed by atoms with van der Waals surface area (Å²) in [7, 11) is 0. The summed E-state index contributed by atoms with van der Waals surface area (Å²) >= 11 is 17.7. The number of nitrogen functional groups attached to an aromatic ring is 1. The van der Waals surface area contributed by atoms with Gasteiger partial charge in [-0.15, -0.1) is 0 Å². The molecule has 0 aliphatic rings. The van der Waals surface area contributed by atoms with Crippen molar-refractivity contribution in [2.75, 3.05) is 5.43 Å². The van der Waals surface area contributed by atoms with Crippen LogP contribution in [0.15, 0.2) is 36.4 Å². The summed E-state index contributed by atoms with van der Waals surface area (Å²) in [5.74, 6) is 3.26. The highest BCUT2D eigenvalue weighted by atomic mass is 35.5. The standard InChI is InChI=1S/C14H10Cl3F3N2/c15-8-3-1-7(2-4-8)13(14(18,19)20)12-10(16)5-9(22-21)6-11(12)17/h1-6,13,22H,21H2. The molecule has 3 N–H and O–H groups in total. The molecule has 1 atom stereocenters. The van der Waals surface area contributed by atoms with Crippen molar-refractivity contribution >= 4 is 40.5 Å². The van der Waals surface area contributed by atoms with Crippen molar-refractivity contribution in [2.24, 2.45) is 5.84 Å². The summed E-state index contributed by atoms with van der Waals surface area (Å²) in [6, 6.07) is 7.93. The van der Waals surface area contributed by atoms with E-state index in [4.69, 9.17) is 40.6 Å². The molecule has 0 bridgehead atoms. The van der Waals surface area contributed by atoms with Crippen LogP contribution < -0.4 is 11.3 Å². The second-order valence-electron chi connectivity index (χ2n) is 4.52. The van der Waals surface area contributed by atoms with Crippen LogP contribution in [0.25, 0.3) is 0 Å². The minimum atomic E-state index is -4.57. The zero-order valence-electron chi connectivity index (χ0n) is 10.9. The second-order valence-corrected chi connectivity index (χ2v) is 5.77. The molecule has 0 aliphatic heterocycles. The van der Waals surface area contributed by atoms with Crippen LogP contribution in [0.1, 0.15) is 17.0 Å². The van der Waals surface area contributed by atoms with Crippen molar-refractivity contribution in [3.63, 3.8) is 0 Å². The molecule has 22 heavy (non-hydrogen) atoms. The minimum Gasteiger partial charge on any atom is -0.324 e. The Hall–Kier alpha value is -1.14. The van der Waals surface area contributed by atoms with E-state index in [1.807, 2.05) is 0 Å². The Bertz CT molecular complexity index is 649. The molecule has 2 aromatic rings. The van der Waals surface area contributed by atoms with Crippen LogP contribution in [0.4, 0.5) is 18.9 Å². The fraction of sp³-hybridized carbons (Fsp3) is 0.143. The summed E-state index contributed by atoms with van der Waals surface area (Å²) in [5, 5.41) is 0.0833. The van der Waals surface area contributed by atoms with E-state index in [0.29, 0.717) is 10.7 Å². The molecule has 0 saturated carbocycles. The maximum atomic E-state index is 13.5. The van der Waals surface area contributed by atoms with Crippen molar-refractivity contribution in [3.8, 4) is 0 Å². The van der Waals surface area contributed by atoms with Gasteiger partial charge in [-0.25, -0.2) is 0 Å². The van der Waals surface area contributed by atoms with Crippen molar-refractivity contribution in [3.05, 3.63) is 62.6 Å². The molecule has 0 saturated heterocycles. The lowest BCUT2D eigenvalue weighted by Gasteiger charge is -2.24. The Morgan fingerprint density at radius 2 is 1.45 bits per heavy atom. The highest BCUT2D eigenvalue weighted by molar-refractivity contribution is 6.36. The lowest BCUT2D eigenvalue weighted by molar-refractivity contribution is -0.141. The third-order valence-electron chi connectivity index (χ3n) is 3.07. The van der Waals surface area contributed by atoms with Crippen molar-refractivity contribution in [1.29, 1.82) is 0 Å². The first kappa shape index (κ1) is 17.2. The van der Waals surface area contributed by atoms with E-state index in [-0.39, 0.29) is 21.2 Å². The van der Waals surface area contributed by atoms with Gasteiger partial charge in [0.25, 0.3) is 0 Å². The SMILES string of the molecule is NNc1cc(Cl)c(C(c2ccc(Cl)cc2)C(F)(F)F)c(Cl)c1. The monoisotopic (exact) mass is 368 g/mol. The zero-order chi connectivity index (χ0) is 16.5. The van der Waals surface area contributed by atoms with Gasteiger partial charge in [-0.05, 0) is 29.8 Å². The Kier molecular flexibility index (Phi) is 5.12. The third kappa shape index (κ3) is 3.60. The number of benzene rings is 2. The van der Waals surface area contributed by atoms with Crippen molar-refractivity contribution in [2.45, 2.75) is 12.1 Å². The Balaban J connectivity index is 2.63. The molecule has 1 unspecified atom stereocenters. The van der Waals surface area contributed by atoms with E-state index >= 15 is 0 Å². The number of nitrogens with one attached hydrogen (secondary N) is 1. The van der Waals surface area contributed by atoms with Crippen LogP contribution in [0.2, 0.25) is 15.1 Å². The zero-order valence-corrected chi connectivity index (χ0v) is 13.2. The molecule has 0 aromatic heterocycles. The smallest absolute Gasteiger partial charge is 0.324 e. The van der Waals surface area contributed by atoms with Gasteiger partial charge in [0.2, 0.25) is 0 Å². The number of anilines is 1. The average Bonchev–Trinajstić information content (AvgIpc) is 2.42. The number of rotatable bonds is 3. The molecule has 0 heterocycles. The topological polar surface area (TPSA) is 38.0 Å². The quantitative estimate of drug-likeness (QED) is 0.544. The Morgan fingerprint density at radius 1 is 0.955 bits per heavy atom. The summed E-state index contributed by atoms with van der Waals surface area (Å²) in [6.07, 6.45) is -4.57. The number of hydrazine groups is 1. The van der Waals surface area contributed by atoms with Gasteiger partial charge in [-0.2, -0.15) is 13.2 Å². The molecule has 8 heteroatoms. The molecular formula is C14H10Cl3F3N2. The normalized spacial score (nSPS) is 13.0. The highest BCUT2D eigenvalue weighted by Gasteiger charge is 2.44. The molecule has 118 valence electrons. The molecular weight excluding hydrogens is 360 g/mol. The van der Waals surface area contributed by atoms with E-state index < -0.39 is 12.1 Å². The summed E-state index contributed by atoms with van der Waals surface area (Å²) in [5.41, 5.74) is 2.38. The van der Waals surface area contributed by atoms with Gasteiger partial charge in [-0.1, -0.05) is 46.9 Å². The lowest BCUT2D eigenvalue weighted by Crippen LogP contribution is -2.23. The van der Waals surface area contributed by atoms with Gasteiger partial charge in [0.1, 0.15) is 5.92 Å². The molecule has 0 fully saturated rings. The van der Waals surface area contributed by atoms with Crippen LogP contribution in [-0.4, -0.2) is 6.18 Å². The molecule has 2 nitrogen and oxygen atoms in total. The first-order valence-corrected chi connectivity index (χ1v) is 7.15. The fourth-order valence-electron chi connectivity index (χ4n) is 2.12. The van der Waals surface area contributed by atoms with Crippen LogP contribution in [0.5, 0.6) is 0 Å². The predicted molar refractivity (Wildman–Crippen MR) is 83.6 cm³/mol. The molecule has 0 radical (unpaired) electrons. The van der Waals surface area contributed by atoms with E-state index in [0.717, 1.165) is 0 Å². The fourth-order valence-corrected chi connectivity index (χ4v) is 2.95. The van der Waals surface area contributed by atoms with Gasteiger partial charge < -0.3 is 5.43 Å². The molecule has 0 amide bonds. The maximum Gasteiger partial charge on any atom is 0.399 e. The van der Waals surface area contributed by atoms with Gasteiger partial charge in [0.15, 0.2) is 0 Å². The van der Waals surface area contributed by atoms with Crippen LogP contribution >= 0.6 is 34.8 Å². The number of hydrogen-bond acceptors (Lipinski definition) is 2. The van der Waals surface area contributed by atoms with Crippen LogP contribution in [-0.2, 0) is 0 Å². The lowest BCUT2D eigenvalue weighted by atomic mass is 9.90. The van der Waals surface area contributed by atoms with E-state index in [1.54, 1.807) is 0 Å².